The molecule has 0 radical (unpaired) electrons. The monoisotopic (exact) mass is 307 g/mol. The highest BCUT2D eigenvalue weighted by molar-refractivity contribution is 6.31. The number of aryl methyl sites for hydroxylation is 2. The van der Waals surface area contributed by atoms with Crippen LogP contribution < -0.4 is 10.1 Å². The second-order valence-electron chi connectivity index (χ2n) is 5.04. The lowest BCUT2D eigenvalue weighted by molar-refractivity contribution is 0.411. The fourth-order valence-electron chi connectivity index (χ4n) is 2.58. The van der Waals surface area contributed by atoms with Crippen molar-refractivity contribution in [3.63, 3.8) is 0 Å². The molecule has 2 rings (SSSR count). The molecule has 0 aliphatic heterocycles. The minimum atomic E-state index is -0.310. The Hall–Kier alpha value is -1.58. The van der Waals surface area contributed by atoms with Gasteiger partial charge in [-0.2, -0.15) is 0 Å². The Bertz CT molecular complexity index is 637. The molecule has 0 heterocycles. The summed E-state index contributed by atoms with van der Waals surface area (Å²) in [5, 5.41) is 3.58. The summed E-state index contributed by atoms with van der Waals surface area (Å²) < 4.78 is 19.5. The molecule has 0 aliphatic rings. The summed E-state index contributed by atoms with van der Waals surface area (Å²) in [4.78, 5) is 0. The van der Waals surface area contributed by atoms with Gasteiger partial charge in [-0.25, -0.2) is 4.39 Å². The third kappa shape index (κ3) is 3.04. The molecule has 0 aromatic heterocycles. The van der Waals surface area contributed by atoms with Gasteiger partial charge in [-0.1, -0.05) is 23.7 Å². The molecule has 0 saturated heterocycles. The summed E-state index contributed by atoms with van der Waals surface area (Å²) in [6.45, 7) is 3.95. The van der Waals surface area contributed by atoms with Crippen molar-refractivity contribution in [2.75, 3.05) is 14.2 Å². The standard InChI is InChI=1S/C17H19ClFNO/c1-10-9-15(21-4)11(2)8-12(10)17(20-3)16-13(18)6-5-7-14(16)19/h5-9,17,20H,1-4H3. The molecule has 0 aliphatic carbocycles. The summed E-state index contributed by atoms with van der Waals surface area (Å²) in [6.07, 6.45) is 0. The van der Waals surface area contributed by atoms with Crippen molar-refractivity contribution in [1.82, 2.24) is 5.32 Å². The predicted octanol–water partition coefficient (Wildman–Crippen LogP) is 4.41. The second kappa shape index (κ2) is 6.46. The first-order chi connectivity index (χ1) is 9.99. The van der Waals surface area contributed by atoms with Crippen LogP contribution in [-0.4, -0.2) is 14.2 Å². The first kappa shape index (κ1) is 15.8. The molecule has 2 aromatic rings. The van der Waals surface area contributed by atoms with Crippen molar-refractivity contribution >= 4 is 11.6 Å². The zero-order valence-corrected chi connectivity index (χ0v) is 13.4. The molecule has 0 fully saturated rings. The van der Waals surface area contributed by atoms with E-state index in [1.165, 1.54) is 6.07 Å². The van der Waals surface area contributed by atoms with E-state index >= 15 is 0 Å². The van der Waals surface area contributed by atoms with Crippen LogP contribution in [0.4, 0.5) is 4.39 Å². The van der Waals surface area contributed by atoms with E-state index in [0.29, 0.717) is 10.6 Å². The molecule has 21 heavy (non-hydrogen) atoms. The molecule has 0 amide bonds. The highest BCUT2D eigenvalue weighted by Gasteiger charge is 2.21. The van der Waals surface area contributed by atoms with E-state index in [-0.39, 0.29) is 11.9 Å². The first-order valence-electron chi connectivity index (χ1n) is 6.76. The van der Waals surface area contributed by atoms with Gasteiger partial charge < -0.3 is 10.1 Å². The molecular weight excluding hydrogens is 289 g/mol. The Morgan fingerprint density at radius 1 is 1.19 bits per heavy atom. The molecule has 1 atom stereocenters. The Balaban J connectivity index is 2.60. The van der Waals surface area contributed by atoms with Gasteiger partial charge in [-0.3, -0.25) is 0 Å². The van der Waals surface area contributed by atoms with E-state index in [4.69, 9.17) is 16.3 Å². The van der Waals surface area contributed by atoms with Crippen LogP contribution in [-0.2, 0) is 0 Å². The van der Waals surface area contributed by atoms with Gasteiger partial charge in [0.25, 0.3) is 0 Å². The topological polar surface area (TPSA) is 21.3 Å². The number of hydrogen-bond acceptors (Lipinski definition) is 2. The molecule has 112 valence electrons. The highest BCUT2D eigenvalue weighted by atomic mass is 35.5. The van der Waals surface area contributed by atoms with Gasteiger partial charge >= 0.3 is 0 Å². The zero-order valence-electron chi connectivity index (χ0n) is 12.6. The molecule has 0 saturated carbocycles. The van der Waals surface area contributed by atoms with Crippen molar-refractivity contribution in [2.45, 2.75) is 19.9 Å². The largest absolute Gasteiger partial charge is 0.496 e. The van der Waals surface area contributed by atoms with Crippen molar-refractivity contribution in [3.05, 3.63) is 63.4 Å². The lowest BCUT2D eigenvalue weighted by Gasteiger charge is -2.22. The lowest BCUT2D eigenvalue weighted by Crippen LogP contribution is -2.20. The first-order valence-corrected chi connectivity index (χ1v) is 7.13. The quantitative estimate of drug-likeness (QED) is 0.903. The fraction of sp³-hybridized carbons (Fsp3) is 0.294. The van der Waals surface area contributed by atoms with Crippen LogP contribution in [0.15, 0.2) is 30.3 Å². The fourth-order valence-corrected chi connectivity index (χ4v) is 2.86. The van der Waals surface area contributed by atoms with Gasteiger partial charge in [-0.05, 0) is 55.8 Å². The zero-order chi connectivity index (χ0) is 15.6. The van der Waals surface area contributed by atoms with Gasteiger partial charge in [0, 0.05) is 10.6 Å². The summed E-state index contributed by atoms with van der Waals surface area (Å²) in [6, 6.07) is 8.41. The number of benzene rings is 2. The molecule has 1 unspecified atom stereocenters. The molecule has 2 aromatic carbocycles. The van der Waals surface area contributed by atoms with Crippen molar-refractivity contribution in [1.29, 1.82) is 0 Å². The van der Waals surface area contributed by atoms with Crippen LogP contribution in [0.25, 0.3) is 0 Å². The van der Waals surface area contributed by atoms with Gasteiger partial charge in [0.1, 0.15) is 11.6 Å². The van der Waals surface area contributed by atoms with Gasteiger partial charge in [-0.15, -0.1) is 0 Å². The Morgan fingerprint density at radius 2 is 1.90 bits per heavy atom. The van der Waals surface area contributed by atoms with Gasteiger partial charge in [0.2, 0.25) is 0 Å². The Labute approximate surface area is 129 Å². The summed E-state index contributed by atoms with van der Waals surface area (Å²) in [5.41, 5.74) is 3.49. The Morgan fingerprint density at radius 3 is 2.48 bits per heavy atom. The van der Waals surface area contributed by atoms with E-state index in [2.05, 4.69) is 5.32 Å². The summed E-state index contributed by atoms with van der Waals surface area (Å²) >= 11 is 6.20. The number of rotatable bonds is 4. The smallest absolute Gasteiger partial charge is 0.129 e. The molecule has 0 spiro atoms. The SMILES string of the molecule is CNC(c1cc(C)c(OC)cc1C)c1c(F)cccc1Cl. The third-order valence-electron chi connectivity index (χ3n) is 3.67. The van der Waals surface area contributed by atoms with Crippen molar-refractivity contribution in [2.24, 2.45) is 0 Å². The molecule has 2 nitrogen and oxygen atoms in total. The second-order valence-corrected chi connectivity index (χ2v) is 5.44. The lowest BCUT2D eigenvalue weighted by atomic mass is 9.93. The maximum Gasteiger partial charge on any atom is 0.129 e. The number of nitrogens with one attached hydrogen (secondary N) is 1. The average Bonchev–Trinajstić information content (AvgIpc) is 2.45. The number of ether oxygens (including phenoxy) is 1. The number of halogens is 2. The van der Waals surface area contributed by atoms with E-state index in [9.17, 15) is 4.39 Å². The van der Waals surface area contributed by atoms with Crippen LogP contribution in [0.3, 0.4) is 0 Å². The van der Waals surface area contributed by atoms with E-state index < -0.39 is 0 Å². The highest BCUT2D eigenvalue weighted by Crippen LogP contribution is 2.34. The van der Waals surface area contributed by atoms with Crippen LogP contribution >= 0.6 is 11.6 Å². The van der Waals surface area contributed by atoms with Crippen LogP contribution in [0.1, 0.15) is 28.3 Å². The van der Waals surface area contributed by atoms with Gasteiger partial charge in [0.05, 0.1) is 13.2 Å². The van der Waals surface area contributed by atoms with Crippen LogP contribution in [0.2, 0.25) is 5.02 Å². The van der Waals surface area contributed by atoms with Crippen LogP contribution in [0, 0.1) is 19.7 Å². The minimum Gasteiger partial charge on any atom is -0.496 e. The summed E-state index contributed by atoms with van der Waals surface area (Å²) in [7, 11) is 3.44. The Kier molecular flexibility index (Phi) is 4.86. The van der Waals surface area contributed by atoms with E-state index in [0.717, 1.165) is 22.4 Å². The van der Waals surface area contributed by atoms with Crippen molar-refractivity contribution in [3.8, 4) is 5.75 Å². The third-order valence-corrected chi connectivity index (χ3v) is 4.00. The normalized spacial score (nSPS) is 12.3. The number of methoxy groups -OCH3 is 1. The van der Waals surface area contributed by atoms with Gasteiger partial charge in [0.15, 0.2) is 0 Å². The maximum atomic E-state index is 14.2. The maximum absolute atomic E-state index is 14.2. The van der Waals surface area contributed by atoms with Crippen LogP contribution in [0.5, 0.6) is 5.75 Å². The molecule has 4 heteroatoms. The number of hydrogen-bond donors (Lipinski definition) is 1. The minimum absolute atomic E-state index is 0.302. The van der Waals surface area contributed by atoms with Crippen molar-refractivity contribution < 1.29 is 9.13 Å². The molecular formula is C17H19ClFNO. The summed E-state index contributed by atoms with van der Waals surface area (Å²) in [5.74, 6) is 0.514. The average molecular weight is 308 g/mol. The van der Waals surface area contributed by atoms with E-state index in [1.807, 2.05) is 26.0 Å². The molecule has 1 N–H and O–H groups in total. The molecule has 0 bridgehead atoms. The van der Waals surface area contributed by atoms with E-state index in [1.54, 1.807) is 26.3 Å². The predicted molar refractivity (Wildman–Crippen MR) is 84.8 cm³/mol.